The third-order valence-corrected chi connectivity index (χ3v) is 5.27. The summed E-state index contributed by atoms with van der Waals surface area (Å²) in [5.41, 5.74) is 5.16. The second-order valence-corrected chi connectivity index (χ2v) is 7.39. The highest BCUT2D eigenvalue weighted by molar-refractivity contribution is 6.29. The van der Waals surface area contributed by atoms with E-state index in [0.717, 1.165) is 41.0 Å². The van der Waals surface area contributed by atoms with E-state index in [1.807, 2.05) is 49.4 Å². The third kappa shape index (κ3) is 4.34. The maximum atomic E-state index is 13.1. The first-order valence-electron chi connectivity index (χ1n) is 9.61. The van der Waals surface area contributed by atoms with E-state index in [0.29, 0.717) is 30.7 Å². The minimum Gasteiger partial charge on any atom is -0.379 e. The van der Waals surface area contributed by atoms with Crippen LogP contribution in [0.3, 0.4) is 0 Å². The Labute approximate surface area is 174 Å². The van der Waals surface area contributed by atoms with E-state index in [-0.39, 0.29) is 5.91 Å². The Morgan fingerprint density at radius 1 is 1.17 bits per heavy atom. The van der Waals surface area contributed by atoms with E-state index >= 15 is 0 Å². The van der Waals surface area contributed by atoms with Crippen molar-refractivity contribution in [1.82, 2.24) is 20.2 Å². The summed E-state index contributed by atoms with van der Waals surface area (Å²) in [5.74, 6) is -0.134. The third-order valence-electron chi connectivity index (χ3n) is 5.06. The lowest BCUT2D eigenvalue weighted by molar-refractivity contribution is 0.0334. The first-order chi connectivity index (χ1) is 14.1. The standard InChI is InChI=1S/C22H23ClN4O2/c1-15-19(17-7-8-24-18(23)13-17)20(16-5-3-2-4-6-16)21(26-15)22(28)25-14-27-9-11-29-12-10-27/h2-8,13,26H,9-12,14H2,1H3,(H,25,28). The monoisotopic (exact) mass is 410 g/mol. The molecule has 0 bridgehead atoms. The Hall–Kier alpha value is -2.67. The molecule has 1 aliphatic rings. The van der Waals surface area contributed by atoms with Gasteiger partial charge in [0.2, 0.25) is 0 Å². The molecule has 6 nitrogen and oxygen atoms in total. The number of aromatic amines is 1. The van der Waals surface area contributed by atoms with Crippen molar-refractivity contribution in [2.24, 2.45) is 0 Å². The van der Waals surface area contributed by atoms with Gasteiger partial charge in [-0.3, -0.25) is 9.69 Å². The van der Waals surface area contributed by atoms with Gasteiger partial charge in [-0.25, -0.2) is 4.98 Å². The van der Waals surface area contributed by atoms with E-state index < -0.39 is 0 Å². The Kier molecular flexibility index (Phi) is 5.94. The van der Waals surface area contributed by atoms with Gasteiger partial charge in [-0.2, -0.15) is 0 Å². The number of rotatable bonds is 5. The van der Waals surface area contributed by atoms with Crippen LogP contribution >= 0.6 is 11.6 Å². The van der Waals surface area contributed by atoms with E-state index in [1.54, 1.807) is 6.20 Å². The van der Waals surface area contributed by atoms with Gasteiger partial charge in [0.05, 0.1) is 19.9 Å². The van der Waals surface area contributed by atoms with Crippen LogP contribution in [0.1, 0.15) is 16.2 Å². The summed E-state index contributed by atoms with van der Waals surface area (Å²) in [6.45, 7) is 5.48. The van der Waals surface area contributed by atoms with Crippen LogP contribution in [0, 0.1) is 6.92 Å². The van der Waals surface area contributed by atoms with Crippen molar-refractivity contribution in [3.63, 3.8) is 0 Å². The number of halogens is 1. The van der Waals surface area contributed by atoms with Crippen LogP contribution < -0.4 is 5.32 Å². The second-order valence-electron chi connectivity index (χ2n) is 7.00. The average molecular weight is 411 g/mol. The van der Waals surface area contributed by atoms with Gasteiger partial charge in [0.1, 0.15) is 10.8 Å². The quantitative estimate of drug-likeness (QED) is 0.629. The Morgan fingerprint density at radius 3 is 2.66 bits per heavy atom. The number of ether oxygens (including phenoxy) is 1. The summed E-state index contributed by atoms with van der Waals surface area (Å²) < 4.78 is 5.37. The first kappa shape index (κ1) is 19.6. The van der Waals surface area contributed by atoms with Crippen molar-refractivity contribution in [3.8, 4) is 22.3 Å². The number of H-pyrrole nitrogens is 1. The van der Waals surface area contributed by atoms with Gasteiger partial charge in [0, 0.05) is 36.1 Å². The molecular formula is C22H23ClN4O2. The van der Waals surface area contributed by atoms with Gasteiger partial charge in [-0.1, -0.05) is 41.9 Å². The first-order valence-corrected chi connectivity index (χ1v) is 9.99. The smallest absolute Gasteiger partial charge is 0.269 e. The molecule has 3 aromatic rings. The molecule has 3 heterocycles. The fraction of sp³-hybridized carbons (Fsp3) is 0.273. The van der Waals surface area contributed by atoms with Crippen molar-refractivity contribution in [3.05, 3.63) is 65.2 Å². The average Bonchev–Trinajstić information content (AvgIpc) is 3.10. The summed E-state index contributed by atoms with van der Waals surface area (Å²) >= 11 is 6.13. The summed E-state index contributed by atoms with van der Waals surface area (Å²) in [4.78, 5) is 22.7. The summed E-state index contributed by atoms with van der Waals surface area (Å²) in [5, 5.41) is 3.46. The molecule has 0 atom stereocenters. The van der Waals surface area contributed by atoms with Crippen molar-refractivity contribution in [1.29, 1.82) is 0 Å². The number of aromatic nitrogens is 2. The SMILES string of the molecule is Cc1[nH]c(C(=O)NCN2CCOCC2)c(-c2ccccc2)c1-c1ccnc(Cl)c1. The predicted molar refractivity (Wildman–Crippen MR) is 114 cm³/mol. The molecule has 29 heavy (non-hydrogen) atoms. The van der Waals surface area contributed by atoms with Gasteiger partial charge in [0.15, 0.2) is 0 Å². The lowest BCUT2D eigenvalue weighted by Crippen LogP contribution is -2.43. The highest BCUT2D eigenvalue weighted by Gasteiger charge is 2.23. The number of pyridine rings is 1. The Morgan fingerprint density at radius 2 is 1.93 bits per heavy atom. The highest BCUT2D eigenvalue weighted by Crippen LogP contribution is 2.38. The number of hydrogen-bond acceptors (Lipinski definition) is 4. The van der Waals surface area contributed by atoms with Crippen molar-refractivity contribution in [2.75, 3.05) is 33.0 Å². The zero-order valence-corrected chi connectivity index (χ0v) is 17.0. The zero-order chi connectivity index (χ0) is 20.2. The van der Waals surface area contributed by atoms with Crippen molar-refractivity contribution in [2.45, 2.75) is 6.92 Å². The number of hydrogen-bond donors (Lipinski definition) is 2. The molecule has 1 fully saturated rings. The molecule has 4 rings (SSSR count). The number of nitrogens with zero attached hydrogens (tertiary/aromatic N) is 2. The Bertz CT molecular complexity index is 997. The molecule has 0 aliphatic carbocycles. The molecule has 1 aliphatic heterocycles. The molecule has 150 valence electrons. The molecule has 0 unspecified atom stereocenters. The number of benzene rings is 1. The number of amides is 1. The van der Waals surface area contributed by atoms with E-state index in [2.05, 4.69) is 20.2 Å². The number of nitrogens with one attached hydrogen (secondary N) is 2. The van der Waals surface area contributed by atoms with Crippen LogP contribution in [0.2, 0.25) is 5.15 Å². The van der Waals surface area contributed by atoms with Gasteiger partial charge < -0.3 is 15.0 Å². The van der Waals surface area contributed by atoms with E-state index in [4.69, 9.17) is 16.3 Å². The zero-order valence-electron chi connectivity index (χ0n) is 16.2. The van der Waals surface area contributed by atoms with E-state index in [9.17, 15) is 4.79 Å². The maximum absolute atomic E-state index is 13.1. The van der Waals surface area contributed by atoms with Gasteiger partial charge in [-0.05, 0) is 30.2 Å². The molecule has 0 radical (unpaired) electrons. The highest BCUT2D eigenvalue weighted by atomic mass is 35.5. The molecule has 0 saturated carbocycles. The fourth-order valence-corrected chi connectivity index (χ4v) is 3.81. The minimum atomic E-state index is -0.134. The van der Waals surface area contributed by atoms with Crippen molar-refractivity contribution >= 4 is 17.5 Å². The largest absolute Gasteiger partial charge is 0.379 e. The number of carbonyl (C=O) groups is 1. The minimum absolute atomic E-state index is 0.134. The van der Waals surface area contributed by atoms with Crippen molar-refractivity contribution < 1.29 is 9.53 Å². The second kappa shape index (κ2) is 8.78. The molecule has 0 spiro atoms. The maximum Gasteiger partial charge on any atom is 0.269 e. The number of aryl methyl sites for hydroxylation is 1. The molecule has 1 amide bonds. The topological polar surface area (TPSA) is 70.2 Å². The molecular weight excluding hydrogens is 388 g/mol. The van der Waals surface area contributed by atoms with Gasteiger partial charge in [0.25, 0.3) is 5.91 Å². The fourth-order valence-electron chi connectivity index (χ4n) is 3.64. The molecule has 1 saturated heterocycles. The number of morpholine rings is 1. The van der Waals surface area contributed by atoms with Crippen LogP contribution in [0.5, 0.6) is 0 Å². The Balaban J connectivity index is 1.72. The normalized spacial score (nSPS) is 14.7. The molecule has 2 N–H and O–H groups in total. The van der Waals surface area contributed by atoms with Crippen LogP contribution in [0.15, 0.2) is 48.7 Å². The lowest BCUT2D eigenvalue weighted by atomic mass is 9.95. The van der Waals surface area contributed by atoms with E-state index in [1.165, 1.54) is 0 Å². The molecule has 1 aromatic carbocycles. The predicted octanol–water partition coefficient (Wildman–Crippen LogP) is 3.73. The van der Waals surface area contributed by atoms with Crippen LogP contribution in [0.4, 0.5) is 0 Å². The van der Waals surface area contributed by atoms with Crippen LogP contribution in [-0.4, -0.2) is 53.7 Å². The molecule has 2 aromatic heterocycles. The van der Waals surface area contributed by atoms with Gasteiger partial charge in [-0.15, -0.1) is 0 Å². The van der Waals surface area contributed by atoms with Crippen LogP contribution in [0.25, 0.3) is 22.3 Å². The summed E-state index contributed by atoms with van der Waals surface area (Å²) in [6, 6.07) is 13.6. The summed E-state index contributed by atoms with van der Waals surface area (Å²) in [7, 11) is 0. The lowest BCUT2D eigenvalue weighted by Gasteiger charge is -2.26. The molecule has 7 heteroatoms. The van der Waals surface area contributed by atoms with Crippen LogP contribution in [-0.2, 0) is 4.74 Å². The summed E-state index contributed by atoms with van der Waals surface area (Å²) in [6.07, 6.45) is 1.68. The van der Waals surface area contributed by atoms with Gasteiger partial charge >= 0.3 is 0 Å². The number of carbonyl (C=O) groups excluding carboxylic acids is 1.